The second kappa shape index (κ2) is 6.45. The highest BCUT2D eigenvalue weighted by atomic mass is 35.5. The van der Waals surface area contributed by atoms with Gasteiger partial charge in [-0.2, -0.15) is 0 Å². The van der Waals surface area contributed by atoms with Gasteiger partial charge in [0, 0.05) is 23.7 Å². The number of nitrogens with zero attached hydrogens (tertiary/aromatic N) is 1. The number of carboxylic acid groups (broad SMARTS) is 1. The first-order valence-corrected chi connectivity index (χ1v) is 7.74. The van der Waals surface area contributed by atoms with Crippen LogP contribution in [0.1, 0.15) is 23.0 Å². The van der Waals surface area contributed by atoms with E-state index in [-0.39, 0.29) is 22.8 Å². The second-order valence-electron chi connectivity index (χ2n) is 5.22. The van der Waals surface area contributed by atoms with Gasteiger partial charge in [0.15, 0.2) is 0 Å². The van der Waals surface area contributed by atoms with Crippen molar-refractivity contribution in [2.24, 2.45) is 0 Å². The number of halogens is 1. The number of carbonyl (C=O) groups excluding carboxylic acids is 3. The van der Waals surface area contributed by atoms with Gasteiger partial charge in [0.2, 0.25) is 0 Å². The number of benzene rings is 1. The van der Waals surface area contributed by atoms with Crippen LogP contribution in [0.2, 0.25) is 5.02 Å². The van der Waals surface area contributed by atoms with E-state index >= 15 is 0 Å². The molecule has 1 saturated heterocycles. The van der Waals surface area contributed by atoms with Crippen molar-refractivity contribution in [1.82, 2.24) is 10.2 Å². The molecule has 7 nitrogen and oxygen atoms in total. The summed E-state index contributed by atoms with van der Waals surface area (Å²) >= 11 is 5.91. The molecule has 0 bridgehead atoms. The lowest BCUT2D eigenvalue weighted by Gasteiger charge is -2.06. The Labute approximate surface area is 147 Å². The zero-order chi connectivity index (χ0) is 18.1. The van der Waals surface area contributed by atoms with Gasteiger partial charge in [-0.3, -0.25) is 9.69 Å². The van der Waals surface area contributed by atoms with E-state index in [0.717, 1.165) is 4.90 Å². The fourth-order valence-electron chi connectivity index (χ4n) is 2.42. The van der Waals surface area contributed by atoms with Crippen LogP contribution in [0.4, 0.5) is 4.79 Å². The van der Waals surface area contributed by atoms with E-state index in [1.165, 1.54) is 24.3 Å². The van der Waals surface area contributed by atoms with Gasteiger partial charge in [-0.25, -0.2) is 4.79 Å². The number of carboxylic acids is 1. The molecule has 1 aliphatic heterocycles. The van der Waals surface area contributed by atoms with E-state index in [4.69, 9.17) is 16.0 Å². The zero-order valence-corrected chi connectivity index (χ0v) is 13.8. The highest BCUT2D eigenvalue weighted by Crippen LogP contribution is 2.28. The van der Waals surface area contributed by atoms with Gasteiger partial charge in [-0.1, -0.05) is 23.7 Å². The van der Waals surface area contributed by atoms with Crippen LogP contribution in [0.15, 0.2) is 40.4 Å². The van der Waals surface area contributed by atoms with Gasteiger partial charge >= 0.3 is 6.03 Å². The summed E-state index contributed by atoms with van der Waals surface area (Å²) in [6, 6.07) is 7.10. The number of amides is 3. The third-order valence-corrected chi connectivity index (χ3v) is 3.98. The van der Waals surface area contributed by atoms with Gasteiger partial charge in [-0.15, -0.1) is 0 Å². The minimum atomic E-state index is -1.36. The van der Waals surface area contributed by atoms with E-state index in [1.54, 1.807) is 19.1 Å². The lowest BCUT2D eigenvalue weighted by molar-refractivity contribution is -0.255. The molecule has 2 heterocycles. The van der Waals surface area contributed by atoms with Gasteiger partial charge in [0.05, 0.1) is 11.0 Å². The lowest BCUT2D eigenvalue weighted by Crippen LogP contribution is -2.30. The highest BCUT2D eigenvalue weighted by molar-refractivity contribution is 6.33. The number of urea groups is 1. The molecule has 0 saturated carbocycles. The smallest absolute Gasteiger partial charge is 0.328 e. The summed E-state index contributed by atoms with van der Waals surface area (Å²) in [5, 5.41) is 13.4. The Morgan fingerprint density at radius 3 is 2.68 bits per heavy atom. The molecule has 128 valence electrons. The average molecular weight is 360 g/mol. The molecule has 2 aromatic rings. The summed E-state index contributed by atoms with van der Waals surface area (Å²) in [6.07, 6.45) is 1.43. The van der Waals surface area contributed by atoms with Crippen LogP contribution in [0.3, 0.4) is 0 Å². The Kier molecular flexibility index (Phi) is 4.33. The molecule has 1 aromatic carbocycles. The summed E-state index contributed by atoms with van der Waals surface area (Å²) in [4.78, 5) is 35.6. The molecular formula is C17H12ClN2O5-. The normalized spacial score (nSPS) is 15.8. The highest BCUT2D eigenvalue weighted by Gasteiger charge is 2.32. The van der Waals surface area contributed by atoms with Crippen LogP contribution in [0, 0.1) is 0 Å². The van der Waals surface area contributed by atoms with Crippen molar-refractivity contribution >= 4 is 35.6 Å². The fourth-order valence-corrected chi connectivity index (χ4v) is 2.68. The Morgan fingerprint density at radius 1 is 1.32 bits per heavy atom. The van der Waals surface area contributed by atoms with Crippen LogP contribution in [0.5, 0.6) is 0 Å². The van der Waals surface area contributed by atoms with Gasteiger partial charge in [0.25, 0.3) is 5.91 Å². The van der Waals surface area contributed by atoms with Crippen molar-refractivity contribution < 1.29 is 23.9 Å². The molecule has 3 rings (SSSR count). The average Bonchev–Trinajstić information content (AvgIpc) is 3.12. The fraction of sp³-hybridized carbons (Fsp3) is 0.118. The molecule has 8 heteroatoms. The largest absolute Gasteiger partial charge is 0.545 e. The molecule has 0 radical (unpaired) electrons. The third kappa shape index (κ3) is 3.14. The first-order valence-electron chi connectivity index (χ1n) is 7.36. The van der Waals surface area contributed by atoms with Crippen LogP contribution in [0.25, 0.3) is 17.4 Å². The molecule has 1 N–H and O–H groups in total. The molecule has 1 fully saturated rings. The lowest BCUT2D eigenvalue weighted by atomic mass is 10.1. The number of aromatic carboxylic acids is 1. The summed E-state index contributed by atoms with van der Waals surface area (Å²) in [7, 11) is 0. The van der Waals surface area contributed by atoms with Crippen molar-refractivity contribution in [2.75, 3.05) is 6.54 Å². The Balaban J connectivity index is 1.87. The number of hydrogen-bond acceptors (Lipinski definition) is 5. The van der Waals surface area contributed by atoms with Crippen molar-refractivity contribution in [3.63, 3.8) is 0 Å². The molecule has 1 aromatic heterocycles. The van der Waals surface area contributed by atoms with Crippen LogP contribution in [-0.4, -0.2) is 29.4 Å². The second-order valence-corrected chi connectivity index (χ2v) is 5.63. The molecule has 0 unspecified atom stereocenters. The molecule has 0 spiro atoms. The first-order chi connectivity index (χ1) is 11.9. The predicted octanol–water partition coefficient (Wildman–Crippen LogP) is 1.88. The minimum Gasteiger partial charge on any atom is -0.545 e. The van der Waals surface area contributed by atoms with Crippen LogP contribution < -0.4 is 10.4 Å². The number of rotatable bonds is 4. The number of likely N-dealkylation sites (N-methyl/N-ethyl adjacent to an activating group) is 1. The van der Waals surface area contributed by atoms with Crippen molar-refractivity contribution in [3.8, 4) is 11.3 Å². The SMILES string of the molecule is CCN1C(=O)N/C(=C/c2ccc(-c3ccc(C(=O)[O-])c(Cl)c3)o2)C1=O. The van der Waals surface area contributed by atoms with E-state index in [9.17, 15) is 19.5 Å². The summed E-state index contributed by atoms with van der Waals surface area (Å²) in [5.74, 6) is -0.997. The topological polar surface area (TPSA) is 103 Å². The summed E-state index contributed by atoms with van der Waals surface area (Å²) < 4.78 is 5.62. The van der Waals surface area contributed by atoms with E-state index in [0.29, 0.717) is 17.1 Å². The standard InChI is InChI=1S/C17H13ClN2O5/c1-2-20-15(21)13(19-17(20)24)8-10-4-6-14(25-10)9-3-5-11(16(22)23)12(18)7-9/h3-8H,2H2,1H3,(H,19,24)(H,22,23)/p-1/b13-8+. The molecule has 25 heavy (non-hydrogen) atoms. The number of imide groups is 1. The number of carbonyl (C=O) groups is 3. The molecule has 3 amide bonds. The van der Waals surface area contributed by atoms with Crippen LogP contribution >= 0.6 is 11.6 Å². The Bertz CT molecular complexity index is 916. The summed E-state index contributed by atoms with van der Waals surface area (Å²) in [5.41, 5.74) is 0.577. The number of hydrogen-bond donors (Lipinski definition) is 1. The van der Waals surface area contributed by atoms with Crippen molar-refractivity contribution in [1.29, 1.82) is 0 Å². The maximum atomic E-state index is 12.0. The number of nitrogens with one attached hydrogen (secondary N) is 1. The van der Waals surface area contributed by atoms with Crippen molar-refractivity contribution in [3.05, 3.63) is 52.4 Å². The van der Waals surface area contributed by atoms with Crippen molar-refractivity contribution in [2.45, 2.75) is 6.92 Å². The molecular weight excluding hydrogens is 348 g/mol. The van der Waals surface area contributed by atoms with E-state index < -0.39 is 17.9 Å². The van der Waals surface area contributed by atoms with E-state index in [1.807, 2.05) is 0 Å². The molecule has 0 atom stereocenters. The summed E-state index contributed by atoms with van der Waals surface area (Å²) in [6.45, 7) is 1.97. The maximum Gasteiger partial charge on any atom is 0.328 e. The molecule has 0 aliphatic carbocycles. The van der Waals surface area contributed by atoms with Crippen LogP contribution in [-0.2, 0) is 4.79 Å². The first kappa shape index (κ1) is 16.8. The third-order valence-electron chi connectivity index (χ3n) is 3.67. The quantitative estimate of drug-likeness (QED) is 0.663. The zero-order valence-electron chi connectivity index (χ0n) is 13.0. The Morgan fingerprint density at radius 2 is 2.08 bits per heavy atom. The Hall–Kier alpha value is -3.06. The van der Waals surface area contributed by atoms with E-state index in [2.05, 4.69) is 5.32 Å². The maximum absolute atomic E-state index is 12.0. The van der Waals surface area contributed by atoms with Gasteiger partial charge in [-0.05, 0) is 25.1 Å². The number of furan rings is 1. The predicted molar refractivity (Wildman–Crippen MR) is 87.4 cm³/mol. The van der Waals surface area contributed by atoms with Gasteiger partial charge < -0.3 is 19.6 Å². The minimum absolute atomic E-state index is 0.0330. The monoisotopic (exact) mass is 359 g/mol. The molecule has 1 aliphatic rings. The van der Waals surface area contributed by atoms with Gasteiger partial charge in [0.1, 0.15) is 17.2 Å².